The quantitative estimate of drug-likeness (QED) is 0.604. The van der Waals surface area contributed by atoms with Gasteiger partial charge in [-0.15, -0.1) is 11.8 Å². The third-order valence-electron chi connectivity index (χ3n) is 5.08. The fraction of sp³-hybridized carbons (Fsp3) is 0.125. The molecule has 0 bridgehead atoms. The van der Waals surface area contributed by atoms with Gasteiger partial charge in [-0.2, -0.15) is 0 Å². The Morgan fingerprint density at radius 1 is 0.964 bits per heavy atom. The van der Waals surface area contributed by atoms with Crippen LogP contribution in [-0.2, 0) is 0 Å². The number of ether oxygens (including phenoxy) is 1. The molecule has 3 nitrogen and oxygen atoms in total. The van der Waals surface area contributed by atoms with E-state index in [1.54, 1.807) is 11.8 Å². The van der Waals surface area contributed by atoms with Crippen molar-refractivity contribution in [2.24, 2.45) is 0 Å². The van der Waals surface area contributed by atoms with Crippen molar-refractivity contribution in [3.8, 4) is 5.75 Å². The monoisotopic (exact) mass is 385 g/mol. The number of hydrogen-bond donors (Lipinski definition) is 1. The molecule has 1 aliphatic heterocycles. The number of hydrogen-bond acceptors (Lipinski definition) is 4. The molecule has 0 amide bonds. The van der Waals surface area contributed by atoms with Gasteiger partial charge in [0.2, 0.25) is 0 Å². The van der Waals surface area contributed by atoms with Crippen LogP contribution in [0, 0.1) is 0 Å². The van der Waals surface area contributed by atoms with Gasteiger partial charge >= 0.3 is 0 Å². The summed E-state index contributed by atoms with van der Waals surface area (Å²) in [4.78, 5) is 14.5. The number of ketones is 1. The molecule has 1 aliphatic carbocycles. The molecule has 4 heteroatoms. The summed E-state index contributed by atoms with van der Waals surface area (Å²) in [7, 11) is 0. The summed E-state index contributed by atoms with van der Waals surface area (Å²) in [6, 6.07) is 24.2. The number of carbonyl (C=O) groups is 1. The van der Waals surface area contributed by atoms with E-state index in [4.69, 9.17) is 4.74 Å². The lowest BCUT2D eigenvalue weighted by Gasteiger charge is -2.18. The van der Waals surface area contributed by atoms with Crippen LogP contribution in [0.25, 0.3) is 5.70 Å². The van der Waals surface area contributed by atoms with Gasteiger partial charge in [-0.05, 0) is 36.8 Å². The number of rotatable bonds is 3. The average molecular weight is 385 g/mol. The van der Waals surface area contributed by atoms with Crippen molar-refractivity contribution in [1.29, 1.82) is 0 Å². The van der Waals surface area contributed by atoms with Gasteiger partial charge < -0.3 is 10.1 Å². The first-order valence-corrected chi connectivity index (χ1v) is 10.3. The van der Waals surface area contributed by atoms with Crippen LogP contribution in [0.4, 0.5) is 5.69 Å². The Balaban J connectivity index is 1.71. The zero-order valence-corrected chi connectivity index (χ0v) is 16.3. The lowest BCUT2D eigenvalue weighted by molar-refractivity contribution is 0.103. The van der Waals surface area contributed by atoms with Crippen LogP contribution in [0.2, 0.25) is 0 Å². The van der Waals surface area contributed by atoms with Gasteiger partial charge in [0.15, 0.2) is 5.78 Å². The average Bonchev–Trinajstić information content (AvgIpc) is 2.89. The Bertz CT molecular complexity index is 1120. The maximum absolute atomic E-state index is 13.4. The van der Waals surface area contributed by atoms with Crippen LogP contribution >= 0.6 is 11.8 Å². The highest BCUT2D eigenvalue weighted by Crippen LogP contribution is 2.52. The lowest BCUT2D eigenvalue weighted by Crippen LogP contribution is -2.08. The van der Waals surface area contributed by atoms with Gasteiger partial charge in [-0.25, -0.2) is 0 Å². The first kappa shape index (κ1) is 17.1. The second kappa shape index (κ2) is 6.88. The van der Waals surface area contributed by atoms with Crippen LogP contribution < -0.4 is 10.1 Å². The number of benzene rings is 3. The van der Waals surface area contributed by atoms with E-state index < -0.39 is 0 Å². The van der Waals surface area contributed by atoms with E-state index >= 15 is 0 Å². The zero-order chi connectivity index (χ0) is 19.1. The van der Waals surface area contributed by atoms with Crippen molar-refractivity contribution >= 4 is 28.9 Å². The molecule has 5 rings (SSSR count). The summed E-state index contributed by atoms with van der Waals surface area (Å²) < 4.78 is 5.71. The fourth-order valence-electron chi connectivity index (χ4n) is 3.85. The summed E-state index contributed by atoms with van der Waals surface area (Å²) in [5.41, 5.74) is 5.59. The highest BCUT2D eigenvalue weighted by atomic mass is 32.2. The number of thioether (sulfide) groups is 1. The lowest BCUT2D eigenvalue weighted by atomic mass is 10.0. The first-order chi connectivity index (χ1) is 13.8. The van der Waals surface area contributed by atoms with Crippen molar-refractivity contribution in [2.75, 3.05) is 11.9 Å². The summed E-state index contributed by atoms with van der Waals surface area (Å²) in [5, 5.41) is 3.45. The molecular formula is C24H19NO2S. The van der Waals surface area contributed by atoms with E-state index in [0.717, 1.165) is 44.3 Å². The van der Waals surface area contributed by atoms with E-state index in [2.05, 4.69) is 29.6 Å². The summed E-state index contributed by atoms with van der Waals surface area (Å²) in [5.74, 6) is 0.932. The highest BCUT2D eigenvalue weighted by Gasteiger charge is 2.38. The molecular weight excluding hydrogens is 366 g/mol. The molecule has 0 saturated carbocycles. The Morgan fingerprint density at radius 3 is 2.61 bits per heavy atom. The third-order valence-corrected chi connectivity index (χ3v) is 6.43. The predicted molar refractivity (Wildman–Crippen MR) is 114 cm³/mol. The van der Waals surface area contributed by atoms with Crippen LogP contribution in [-0.4, -0.2) is 12.4 Å². The molecule has 1 unspecified atom stereocenters. The molecule has 28 heavy (non-hydrogen) atoms. The largest absolute Gasteiger partial charge is 0.494 e. The van der Waals surface area contributed by atoms with Crippen LogP contribution in [0.1, 0.15) is 33.7 Å². The molecule has 2 aliphatic rings. The van der Waals surface area contributed by atoms with Gasteiger partial charge in [0.25, 0.3) is 0 Å². The fourth-order valence-corrected chi connectivity index (χ4v) is 5.13. The molecule has 0 radical (unpaired) electrons. The normalized spacial score (nSPS) is 17.3. The Morgan fingerprint density at radius 2 is 1.75 bits per heavy atom. The van der Waals surface area contributed by atoms with E-state index in [1.165, 1.54) is 0 Å². The third kappa shape index (κ3) is 2.72. The molecule has 138 valence electrons. The van der Waals surface area contributed by atoms with Gasteiger partial charge in [0.05, 0.1) is 23.2 Å². The Kier molecular flexibility index (Phi) is 4.21. The molecule has 0 spiro atoms. The first-order valence-electron chi connectivity index (χ1n) is 9.40. The SMILES string of the molecule is CCOc1cccc(C2Sc3ccccc3NC3=C2C(=O)c2ccccc23)c1. The van der Waals surface area contributed by atoms with Crippen LogP contribution in [0.15, 0.2) is 83.3 Å². The van der Waals surface area contributed by atoms with Gasteiger partial charge in [-0.1, -0.05) is 48.5 Å². The van der Waals surface area contributed by atoms with E-state index in [1.807, 2.05) is 55.5 Å². The molecule has 1 atom stereocenters. The molecule has 3 aromatic carbocycles. The van der Waals surface area contributed by atoms with E-state index in [-0.39, 0.29) is 11.0 Å². The maximum Gasteiger partial charge on any atom is 0.193 e. The minimum atomic E-state index is -0.105. The Hall–Kier alpha value is -2.98. The summed E-state index contributed by atoms with van der Waals surface area (Å²) >= 11 is 1.71. The van der Waals surface area contributed by atoms with Crippen LogP contribution in [0.3, 0.4) is 0 Å². The van der Waals surface area contributed by atoms with Crippen molar-refractivity contribution in [1.82, 2.24) is 0 Å². The number of Topliss-reactive ketones (excluding diaryl/α,β-unsaturated/α-hetero) is 1. The van der Waals surface area contributed by atoms with E-state index in [0.29, 0.717) is 6.61 Å². The van der Waals surface area contributed by atoms with E-state index in [9.17, 15) is 4.79 Å². The predicted octanol–water partition coefficient (Wildman–Crippen LogP) is 5.95. The number of para-hydroxylation sites is 1. The van der Waals surface area contributed by atoms with Gasteiger partial charge in [0, 0.05) is 21.6 Å². The van der Waals surface area contributed by atoms with Crippen LogP contribution in [0.5, 0.6) is 5.75 Å². The molecule has 1 heterocycles. The topological polar surface area (TPSA) is 38.3 Å². The van der Waals surface area contributed by atoms with Crippen molar-refractivity contribution in [2.45, 2.75) is 17.1 Å². The second-order valence-electron chi connectivity index (χ2n) is 6.79. The van der Waals surface area contributed by atoms with Crippen molar-refractivity contribution in [3.05, 3.63) is 95.1 Å². The smallest absolute Gasteiger partial charge is 0.193 e. The molecule has 0 saturated heterocycles. The molecule has 1 N–H and O–H groups in total. The van der Waals surface area contributed by atoms with Gasteiger partial charge in [0.1, 0.15) is 5.75 Å². The number of carbonyl (C=O) groups excluding carboxylic acids is 1. The molecule has 0 fully saturated rings. The van der Waals surface area contributed by atoms with Gasteiger partial charge in [-0.3, -0.25) is 4.79 Å². The summed E-state index contributed by atoms with van der Waals surface area (Å²) in [6.07, 6.45) is 0. The second-order valence-corrected chi connectivity index (χ2v) is 7.93. The zero-order valence-electron chi connectivity index (χ0n) is 15.4. The number of anilines is 1. The number of fused-ring (bicyclic) bond motifs is 3. The minimum absolute atomic E-state index is 0.102. The molecule has 0 aromatic heterocycles. The number of nitrogens with one attached hydrogen (secondary N) is 1. The maximum atomic E-state index is 13.4. The summed E-state index contributed by atoms with van der Waals surface area (Å²) in [6.45, 7) is 2.59. The highest BCUT2D eigenvalue weighted by molar-refractivity contribution is 8.00. The van der Waals surface area contributed by atoms with Crippen molar-refractivity contribution < 1.29 is 9.53 Å². The standard InChI is InChI=1S/C24H19NO2S/c1-2-27-16-9-7-8-15(14-16)24-21-22(17-10-3-4-11-18(17)23(21)26)25-19-12-5-6-13-20(19)28-24/h3-14,24-25H,2H2,1H3. The Labute approximate surface area is 168 Å². The van der Waals surface area contributed by atoms with Crippen molar-refractivity contribution in [3.63, 3.8) is 0 Å². The minimum Gasteiger partial charge on any atom is -0.494 e. The molecule has 3 aromatic rings.